The molecule has 1 atom stereocenters. The van der Waals surface area contributed by atoms with Crippen LogP contribution in [0.25, 0.3) is 15.3 Å². The third kappa shape index (κ3) is 4.37. The van der Waals surface area contributed by atoms with Crippen LogP contribution in [-0.4, -0.2) is 55.3 Å². The molecule has 1 fully saturated rings. The standard InChI is InChI=1S/C22H24N8O2S/c1-13-18(6-14(7-24-13)20(31)25-9-16-4-3-5-23-16)28-21(32)17-10-27-30-12-19(33-22(17)30)15-8-26-29(2)11-15/h6-8,10-12,16,23H,3-5,9H2,1-2H3,(H,25,31)(H,28,32)/t16-/m1/s1. The van der Waals surface area contributed by atoms with Gasteiger partial charge in [-0.25, -0.2) is 4.52 Å². The normalized spacial score (nSPS) is 15.8. The highest BCUT2D eigenvalue weighted by Crippen LogP contribution is 2.30. The van der Waals surface area contributed by atoms with Crippen LogP contribution >= 0.6 is 11.3 Å². The molecule has 5 heterocycles. The fraction of sp³-hybridized carbons (Fsp3) is 0.318. The zero-order valence-electron chi connectivity index (χ0n) is 18.3. The van der Waals surface area contributed by atoms with Gasteiger partial charge < -0.3 is 16.0 Å². The van der Waals surface area contributed by atoms with Crippen LogP contribution in [0.2, 0.25) is 0 Å². The first-order valence-corrected chi connectivity index (χ1v) is 11.6. The van der Waals surface area contributed by atoms with Crippen LogP contribution in [0.4, 0.5) is 5.69 Å². The zero-order chi connectivity index (χ0) is 22.9. The number of nitrogens with one attached hydrogen (secondary N) is 3. The fourth-order valence-corrected chi connectivity index (χ4v) is 4.88. The summed E-state index contributed by atoms with van der Waals surface area (Å²) in [5.41, 5.74) is 2.95. The number of pyridine rings is 1. The molecule has 0 aromatic carbocycles. The second-order valence-corrected chi connectivity index (χ2v) is 9.15. The van der Waals surface area contributed by atoms with Crippen molar-refractivity contribution in [3.8, 4) is 10.4 Å². The Morgan fingerprint density at radius 1 is 1.21 bits per heavy atom. The molecule has 5 rings (SSSR count). The number of anilines is 1. The molecule has 0 unspecified atom stereocenters. The summed E-state index contributed by atoms with van der Waals surface area (Å²) in [6.45, 7) is 3.35. The minimum absolute atomic E-state index is 0.209. The van der Waals surface area contributed by atoms with Gasteiger partial charge >= 0.3 is 0 Å². The summed E-state index contributed by atoms with van der Waals surface area (Å²) >= 11 is 1.47. The van der Waals surface area contributed by atoms with Gasteiger partial charge in [-0.1, -0.05) is 0 Å². The van der Waals surface area contributed by atoms with E-state index in [2.05, 4.69) is 31.1 Å². The number of carbonyl (C=O) groups is 2. The highest BCUT2D eigenvalue weighted by molar-refractivity contribution is 7.21. The second-order valence-electron chi connectivity index (χ2n) is 8.12. The number of aromatic nitrogens is 5. The molecular formula is C22H24N8O2S. The van der Waals surface area contributed by atoms with Crippen LogP contribution in [0.3, 0.4) is 0 Å². The van der Waals surface area contributed by atoms with Crippen molar-refractivity contribution in [1.82, 2.24) is 35.0 Å². The number of carbonyl (C=O) groups excluding carboxylic acids is 2. The van der Waals surface area contributed by atoms with Gasteiger partial charge in [0.25, 0.3) is 11.8 Å². The average Bonchev–Trinajstić information content (AvgIpc) is 3.58. The molecule has 4 aromatic heterocycles. The SMILES string of the molecule is Cc1ncc(C(=O)NC[C@H]2CCCN2)cc1NC(=O)c1cnn2cc(-c3cnn(C)c3)sc12. The van der Waals surface area contributed by atoms with E-state index in [0.717, 1.165) is 34.7 Å². The van der Waals surface area contributed by atoms with E-state index in [1.165, 1.54) is 17.5 Å². The van der Waals surface area contributed by atoms with Gasteiger partial charge in [0.2, 0.25) is 0 Å². The molecule has 0 radical (unpaired) electrons. The summed E-state index contributed by atoms with van der Waals surface area (Å²) in [6, 6.07) is 1.96. The van der Waals surface area contributed by atoms with Gasteiger partial charge in [-0.2, -0.15) is 10.2 Å². The van der Waals surface area contributed by atoms with Gasteiger partial charge in [0.1, 0.15) is 4.83 Å². The number of rotatable bonds is 6. The van der Waals surface area contributed by atoms with E-state index >= 15 is 0 Å². The van der Waals surface area contributed by atoms with E-state index in [0.29, 0.717) is 35.1 Å². The monoisotopic (exact) mass is 464 g/mol. The van der Waals surface area contributed by atoms with Gasteiger partial charge in [-0.3, -0.25) is 19.3 Å². The van der Waals surface area contributed by atoms with Crippen LogP contribution in [0.1, 0.15) is 39.3 Å². The number of thiazole rings is 1. The quantitative estimate of drug-likeness (QED) is 0.403. The van der Waals surface area contributed by atoms with Crippen molar-refractivity contribution in [1.29, 1.82) is 0 Å². The predicted octanol–water partition coefficient (Wildman–Crippen LogP) is 2.23. The maximum Gasteiger partial charge on any atom is 0.260 e. The van der Waals surface area contributed by atoms with Crippen LogP contribution in [0.5, 0.6) is 0 Å². The summed E-state index contributed by atoms with van der Waals surface area (Å²) in [7, 11) is 1.86. The second kappa shape index (κ2) is 8.75. The van der Waals surface area contributed by atoms with E-state index < -0.39 is 0 Å². The lowest BCUT2D eigenvalue weighted by Crippen LogP contribution is -2.37. The maximum atomic E-state index is 13.1. The van der Waals surface area contributed by atoms with Crippen molar-refractivity contribution >= 4 is 33.7 Å². The van der Waals surface area contributed by atoms with Crippen LogP contribution in [0.15, 0.2) is 37.1 Å². The molecule has 1 aliphatic heterocycles. The fourth-order valence-electron chi connectivity index (χ4n) is 3.85. The smallest absolute Gasteiger partial charge is 0.260 e. The molecule has 2 amide bonds. The first-order chi connectivity index (χ1) is 16.0. The molecule has 0 spiro atoms. The highest BCUT2D eigenvalue weighted by Gasteiger charge is 2.19. The molecule has 11 heteroatoms. The van der Waals surface area contributed by atoms with E-state index in [1.54, 1.807) is 34.6 Å². The van der Waals surface area contributed by atoms with Crippen molar-refractivity contribution in [3.05, 3.63) is 53.9 Å². The largest absolute Gasteiger partial charge is 0.350 e. The highest BCUT2D eigenvalue weighted by atomic mass is 32.1. The lowest BCUT2D eigenvalue weighted by Gasteiger charge is -2.13. The molecule has 0 saturated carbocycles. The molecule has 4 aromatic rings. The van der Waals surface area contributed by atoms with Gasteiger partial charge in [0.05, 0.1) is 39.8 Å². The third-order valence-electron chi connectivity index (χ3n) is 5.70. The summed E-state index contributed by atoms with van der Waals surface area (Å²) in [5, 5.41) is 17.7. The predicted molar refractivity (Wildman–Crippen MR) is 126 cm³/mol. The first kappa shape index (κ1) is 21.3. The molecule has 10 nitrogen and oxygen atoms in total. The Balaban J connectivity index is 1.33. The average molecular weight is 465 g/mol. The Hall–Kier alpha value is -3.57. The number of aryl methyl sites for hydroxylation is 2. The minimum Gasteiger partial charge on any atom is -0.350 e. The van der Waals surface area contributed by atoms with Crippen LogP contribution in [-0.2, 0) is 7.05 Å². The van der Waals surface area contributed by atoms with Crippen molar-refractivity contribution < 1.29 is 9.59 Å². The van der Waals surface area contributed by atoms with Gasteiger partial charge in [-0.15, -0.1) is 11.3 Å². The van der Waals surface area contributed by atoms with E-state index in [1.807, 2.05) is 19.4 Å². The van der Waals surface area contributed by atoms with Crippen molar-refractivity contribution in [2.24, 2.45) is 7.05 Å². The number of fused-ring (bicyclic) bond motifs is 1. The van der Waals surface area contributed by atoms with Gasteiger partial charge in [-0.05, 0) is 32.4 Å². The summed E-state index contributed by atoms with van der Waals surface area (Å²) in [4.78, 5) is 31.6. The van der Waals surface area contributed by atoms with E-state index in [4.69, 9.17) is 0 Å². The van der Waals surface area contributed by atoms with Crippen molar-refractivity contribution in [2.45, 2.75) is 25.8 Å². The van der Waals surface area contributed by atoms with E-state index in [-0.39, 0.29) is 11.8 Å². The van der Waals surface area contributed by atoms with Gasteiger partial charge in [0.15, 0.2) is 0 Å². The van der Waals surface area contributed by atoms with Gasteiger partial charge in [0, 0.05) is 43.8 Å². The van der Waals surface area contributed by atoms with E-state index in [9.17, 15) is 9.59 Å². The number of hydrogen-bond acceptors (Lipinski definition) is 7. The number of nitrogens with zero attached hydrogens (tertiary/aromatic N) is 5. The van der Waals surface area contributed by atoms with Crippen LogP contribution < -0.4 is 16.0 Å². The van der Waals surface area contributed by atoms with Crippen molar-refractivity contribution in [2.75, 3.05) is 18.4 Å². The molecule has 1 aliphatic rings. The lowest BCUT2D eigenvalue weighted by molar-refractivity contribution is 0.0948. The molecule has 33 heavy (non-hydrogen) atoms. The molecule has 0 bridgehead atoms. The number of hydrogen-bond donors (Lipinski definition) is 3. The van der Waals surface area contributed by atoms with Crippen LogP contribution in [0, 0.1) is 6.92 Å². The molecular weight excluding hydrogens is 440 g/mol. The Bertz CT molecular complexity index is 1330. The topological polar surface area (TPSA) is 118 Å². The zero-order valence-corrected chi connectivity index (χ0v) is 19.1. The Morgan fingerprint density at radius 3 is 2.85 bits per heavy atom. The summed E-state index contributed by atoms with van der Waals surface area (Å²) in [5.74, 6) is -0.513. The molecule has 3 N–H and O–H groups in total. The maximum absolute atomic E-state index is 13.1. The Labute approximate surface area is 194 Å². The summed E-state index contributed by atoms with van der Waals surface area (Å²) < 4.78 is 3.42. The summed E-state index contributed by atoms with van der Waals surface area (Å²) in [6.07, 6.45) is 10.8. The lowest BCUT2D eigenvalue weighted by atomic mass is 10.2. The molecule has 1 saturated heterocycles. The molecule has 170 valence electrons. The first-order valence-electron chi connectivity index (χ1n) is 10.7. The number of amides is 2. The Kier molecular flexibility index (Phi) is 5.65. The Morgan fingerprint density at radius 2 is 2.09 bits per heavy atom. The molecule has 0 aliphatic carbocycles. The minimum atomic E-state index is -0.304. The third-order valence-corrected chi connectivity index (χ3v) is 6.86. The van der Waals surface area contributed by atoms with Crippen molar-refractivity contribution in [3.63, 3.8) is 0 Å².